The highest BCUT2D eigenvalue weighted by Gasteiger charge is 2.23. The van der Waals surface area contributed by atoms with Crippen LogP contribution >= 0.6 is 0 Å². The van der Waals surface area contributed by atoms with Crippen LogP contribution in [-0.2, 0) is 9.59 Å². The summed E-state index contributed by atoms with van der Waals surface area (Å²) >= 11 is 0. The first-order valence-corrected chi connectivity index (χ1v) is 5.23. The first-order chi connectivity index (χ1) is 7.11. The molecule has 0 bridgehead atoms. The lowest BCUT2D eigenvalue weighted by Gasteiger charge is -2.21. The molecule has 0 aromatic carbocycles. The second-order valence-electron chi connectivity index (χ2n) is 5.32. The first-order valence-electron chi connectivity index (χ1n) is 5.23. The first kappa shape index (κ1) is 14.7. The SMILES string of the molecule is C=C(CC(CC(=O)O)C(=O)O)CC(C)(C)C. The van der Waals surface area contributed by atoms with E-state index in [2.05, 4.69) is 6.58 Å². The minimum atomic E-state index is -1.09. The van der Waals surface area contributed by atoms with Gasteiger partial charge in [0.2, 0.25) is 0 Å². The molecule has 0 aromatic heterocycles. The van der Waals surface area contributed by atoms with Crippen molar-refractivity contribution in [3.05, 3.63) is 12.2 Å². The van der Waals surface area contributed by atoms with E-state index in [-0.39, 0.29) is 18.3 Å². The molecule has 0 saturated heterocycles. The van der Waals surface area contributed by atoms with Gasteiger partial charge in [0.1, 0.15) is 0 Å². The summed E-state index contributed by atoms with van der Waals surface area (Å²) in [5, 5.41) is 17.5. The van der Waals surface area contributed by atoms with Gasteiger partial charge in [0.05, 0.1) is 12.3 Å². The van der Waals surface area contributed by atoms with E-state index in [1.165, 1.54) is 0 Å². The normalized spacial score (nSPS) is 13.2. The molecule has 0 aromatic rings. The summed E-state index contributed by atoms with van der Waals surface area (Å²) in [5.74, 6) is -3.03. The fourth-order valence-corrected chi connectivity index (χ4v) is 1.63. The summed E-state index contributed by atoms with van der Waals surface area (Å²) in [6.45, 7) is 9.91. The number of carbonyl (C=O) groups is 2. The van der Waals surface area contributed by atoms with E-state index in [0.717, 1.165) is 5.57 Å². The number of hydrogen-bond donors (Lipinski definition) is 2. The van der Waals surface area contributed by atoms with Crippen LogP contribution in [0.15, 0.2) is 12.2 Å². The van der Waals surface area contributed by atoms with E-state index in [1.54, 1.807) is 0 Å². The molecule has 0 aliphatic rings. The molecular weight excluding hydrogens is 208 g/mol. The summed E-state index contributed by atoms with van der Waals surface area (Å²) < 4.78 is 0. The molecule has 0 amide bonds. The van der Waals surface area contributed by atoms with Gasteiger partial charge in [-0.15, -0.1) is 0 Å². The Bertz CT molecular complexity index is 286. The lowest BCUT2D eigenvalue weighted by atomic mass is 9.84. The largest absolute Gasteiger partial charge is 0.481 e. The number of carboxylic acids is 2. The fourth-order valence-electron chi connectivity index (χ4n) is 1.63. The molecule has 0 aliphatic heterocycles. The zero-order chi connectivity index (χ0) is 12.9. The van der Waals surface area contributed by atoms with Crippen LogP contribution in [0.3, 0.4) is 0 Å². The highest BCUT2D eigenvalue weighted by atomic mass is 16.4. The number of allylic oxidation sites excluding steroid dienone is 1. The van der Waals surface area contributed by atoms with Gasteiger partial charge >= 0.3 is 11.9 Å². The average Bonchev–Trinajstić information content (AvgIpc) is 1.97. The van der Waals surface area contributed by atoms with Crippen LogP contribution in [0, 0.1) is 11.3 Å². The molecule has 0 heterocycles. The van der Waals surface area contributed by atoms with Crippen molar-refractivity contribution in [2.24, 2.45) is 11.3 Å². The van der Waals surface area contributed by atoms with Crippen LogP contribution in [-0.4, -0.2) is 22.2 Å². The van der Waals surface area contributed by atoms with Crippen molar-refractivity contribution < 1.29 is 19.8 Å². The van der Waals surface area contributed by atoms with Crippen LogP contribution in [0.4, 0.5) is 0 Å². The van der Waals surface area contributed by atoms with Crippen molar-refractivity contribution in [3.8, 4) is 0 Å². The van der Waals surface area contributed by atoms with E-state index in [0.29, 0.717) is 6.42 Å². The molecular formula is C12H20O4. The molecule has 0 saturated carbocycles. The maximum absolute atomic E-state index is 10.8. The van der Waals surface area contributed by atoms with Gasteiger partial charge in [0.15, 0.2) is 0 Å². The highest BCUT2D eigenvalue weighted by molar-refractivity contribution is 5.77. The van der Waals surface area contributed by atoms with E-state index in [9.17, 15) is 9.59 Å². The molecule has 4 heteroatoms. The third kappa shape index (κ3) is 7.04. The summed E-state index contributed by atoms with van der Waals surface area (Å²) in [7, 11) is 0. The summed E-state index contributed by atoms with van der Waals surface area (Å²) in [6, 6.07) is 0. The Morgan fingerprint density at radius 3 is 2.00 bits per heavy atom. The maximum Gasteiger partial charge on any atom is 0.307 e. The standard InChI is InChI=1S/C12H20O4/c1-8(7-12(2,3)4)5-9(11(15)16)6-10(13)14/h9H,1,5-7H2,2-4H3,(H,13,14)(H,15,16). The van der Waals surface area contributed by atoms with E-state index in [4.69, 9.17) is 10.2 Å². The molecule has 0 rings (SSSR count). The zero-order valence-electron chi connectivity index (χ0n) is 10.1. The van der Waals surface area contributed by atoms with Crippen molar-refractivity contribution in [2.45, 2.75) is 40.0 Å². The van der Waals surface area contributed by atoms with Crippen LogP contribution in [0.2, 0.25) is 0 Å². The van der Waals surface area contributed by atoms with Gasteiger partial charge in [-0.1, -0.05) is 32.9 Å². The van der Waals surface area contributed by atoms with Crippen molar-refractivity contribution in [2.75, 3.05) is 0 Å². The van der Waals surface area contributed by atoms with Crippen molar-refractivity contribution in [1.29, 1.82) is 0 Å². The monoisotopic (exact) mass is 228 g/mol. The molecule has 2 N–H and O–H groups in total. The summed E-state index contributed by atoms with van der Waals surface area (Å²) in [5.41, 5.74) is 0.838. The van der Waals surface area contributed by atoms with Crippen LogP contribution < -0.4 is 0 Å². The highest BCUT2D eigenvalue weighted by Crippen LogP contribution is 2.27. The Balaban J connectivity index is 4.35. The van der Waals surface area contributed by atoms with Gasteiger partial charge < -0.3 is 10.2 Å². The van der Waals surface area contributed by atoms with Gasteiger partial charge in [0, 0.05) is 0 Å². The lowest BCUT2D eigenvalue weighted by Crippen LogP contribution is -2.19. The van der Waals surface area contributed by atoms with Gasteiger partial charge in [-0.3, -0.25) is 9.59 Å². The molecule has 0 fully saturated rings. The van der Waals surface area contributed by atoms with Crippen LogP contribution in [0.5, 0.6) is 0 Å². The van der Waals surface area contributed by atoms with Gasteiger partial charge in [0.25, 0.3) is 0 Å². The van der Waals surface area contributed by atoms with E-state index in [1.807, 2.05) is 20.8 Å². The predicted octanol–water partition coefficient (Wildman–Crippen LogP) is 2.54. The molecule has 0 spiro atoms. The fraction of sp³-hybridized carbons (Fsp3) is 0.667. The zero-order valence-corrected chi connectivity index (χ0v) is 10.1. The van der Waals surface area contributed by atoms with Crippen LogP contribution in [0.25, 0.3) is 0 Å². The maximum atomic E-state index is 10.8. The third-order valence-corrected chi connectivity index (χ3v) is 2.09. The lowest BCUT2D eigenvalue weighted by molar-refractivity contribution is -0.148. The van der Waals surface area contributed by atoms with Crippen molar-refractivity contribution in [3.63, 3.8) is 0 Å². The Labute approximate surface area is 96.0 Å². The topological polar surface area (TPSA) is 74.6 Å². The molecule has 16 heavy (non-hydrogen) atoms. The quantitative estimate of drug-likeness (QED) is 0.685. The van der Waals surface area contributed by atoms with Gasteiger partial charge in [-0.05, 0) is 18.3 Å². The molecule has 1 unspecified atom stereocenters. The summed E-state index contributed by atoms with van der Waals surface area (Å²) in [4.78, 5) is 21.3. The number of hydrogen-bond acceptors (Lipinski definition) is 2. The van der Waals surface area contributed by atoms with E-state index >= 15 is 0 Å². The molecule has 92 valence electrons. The predicted molar refractivity (Wildman–Crippen MR) is 61.2 cm³/mol. The number of rotatable bonds is 6. The van der Waals surface area contributed by atoms with Crippen molar-refractivity contribution >= 4 is 11.9 Å². The molecule has 0 radical (unpaired) electrons. The Morgan fingerprint density at radius 1 is 1.19 bits per heavy atom. The molecule has 4 nitrogen and oxygen atoms in total. The Morgan fingerprint density at radius 2 is 1.69 bits per heavy atom. The van der Waals surface area contributed by atoms with E-state index < -0.39 is 17.9 Å². The number of aliphatic carboxylic acids is 2. The van der Waals surface area contributed by atoms with Gasteiger partial charge in [-0.25, -0.2) is 0 Å². The second-order valence-corrected chi connectivity index (χ2v) is 5.32. The average molecular weight is 228 g/mol. The number of carboxylic acid groups (broad SMARTS) is 2. The Hall–Kier alpha value is -1.32. The summed E-state index contributed by atoms with van der Waals surface area (Å²) in [6.07, 6.45) is 0.591. The third-order valence-electron chi connectivity index (χ3n) is 2.09. The minimum Gasteiger partial charge on any atom is -0.481 e. The van der Waals surface area contributed by atoms with Crippen molar-refractivity contribution in [1.82, 2.24) is 0 Å². The van der Waals surface area contributed by atoms with Gasteiger partial charge in [-0.2, -0.15) is 0 Å². The molecule has 1 atom stereocenters. The second kappa shape index (κ2) is 5.68. The Kier molecular flexibility index (Phi) is 5.21. The molecule has 0 aliphatic carbocycles. The minimum absolute atomic E-state index is 0.0450. The van der Waals surface area contributed by atoms with Crippen LogP contribution in [0.1, 0.15) is 40.0 Å². The smallest absolute Gasteiger partial charge is 0.307 e.